The van der Waals surface area contributed by atoms with Crippen LogP contribution in [-0.4, -0.2) is 40.3 Å². The summed E-state index contributed by atoms with van der Waals surface area (Å²) in [7, 11) is 0. The van der Waals surface area contributed by atoms with Crippen LogP contribution >= 0.6 is 0 Å². The summed E-state index contributed by atoms with van der Waals surface area (Å²) in [4.78, 5) is 32.4. The van der Waals surface area contributed by atoms with Crippen LogP contribution in [0.5, 0.6) is 0 Å². The Morgan fingerprint density at radius 3 is 2.36 bits per heavy atom. The van der Waals surface area contributed by atoms with Gasteiger partial charge in [-0.3, -0.25) is 14.9 Å². The maximum absolute atomic E-state index is 10.9. The molecule has 2 unspecified atom stereocenters. The van der Waals surface area contributed by atoms with Crippen LogP contribution in [-0.2, 0) is 14.4 Å². The van der Waals surface area contributed by atoms with Crippen molar-refractivity contribution in [1.29, 1.82) is 0 Å². The summed E-state index contributed by atoms with van der Waals surface area (Å²) in [5.74, 6) is -4.47. The average molecular weight is 202 g/mol. The maximum Gasteiger partial charge on any atom is 0.345 e. The number of hydrogen-bond donors (Lipinski definition) is 4. The Morgan fingerprint density at radius 2 is 2.07 bits per heavy atom. The SMILES string of the molecule is CC(C(=O)O)C1(C(=O)O)NCC(=O)N1. The molecule has 0 saturated carbocycles. The van der Waals surface area contributed by atoms with Crippen LogP contribution in [0.25, 0.3) is 0 Å². The lowest BCUT2D eigenvalue weighted by Crippen LogP contribution is -2.62. The molecule has 78 valence electrons. The molecule has 4 N–H and O–H groups in total. The number of carbonyl (C=O) groups excluding carboxylic acids is 1. The van der Waals surface area contributed by atoms with E-state index < -0.39 is 29.4 Å². The summed E-state index contributed by atoms with van der Waals surface area (Å²) in [6.45, 7) is 1.03. The fourth-order valence-electron chi connectivity index (χ4n) is 1.29. The third-order valence-electron chi connectivity index (χ3n) is 2.22. The topological polar surface area (TPSA) is 116 Å². The first-order valence-electron chi connectivity index (χ1n) is 3.92. The molecule has 1 amide bonds. The van der Waals surface area contributed by atoms with Crippen LogP contribution in [0, 0.1) is 5.92 Å². The largest absolute Gasteiger partial charge is 0.481 e. The molecule has 1 saturated heterocycles. The van der Waals surface area contributed by atoms with Gasteiger partial charge in [-0.1, -0.05) is 0 Å². The molecule has 0 radical (unpaired) electrons. The van der Waals surface area contributed by atoms with Gasteiger partial charge >= 0.3 is 11.9 Å². The van der Waals surface area contributed by atoms with E-state index in [0.29, 0.717) is 0 Å². The highest BCUT2D eigenvalue weighted by atomic mass is 16.4. The van der Waals surface area contributed by atoms with Gasteiger partial charge in [0.2, 0.25) is 11.6 Å². The van der Waals surface area contributed by atoms with E-state index in [2.05, 4.69) is 10.6 Å². The number of aliphatic carboxylic acids is 2. The average Bonchev–Trinajstić information content (AvgIpc) is 2.47. The van der Waals surface area contributed by atoms with E-state index in [0.717, 1.165) is 0 Å². The monoisotopic (exact) mass is 202 g/mol. The molecule has 1 heterocycles. The summed E-state index contributed by atoms with van der Waals surface area (Å²) in [5, 5.41) is 22.0. The van der Waals surface area contributed by atoms with Gasteiger partial charge < -0.3 is 15.5 Å². The van der Waals surface area contributed by atoms with Gasteiger partial charge in [0.1, 0.15) is 5.92 Å². The quantitative estimate of drug-likeness (QED) is 0.429. The van der Waals surface area contributed by atoms with Gasteiger partial charge in [-0.15, -0.1) is 0 Å². The first-order chi connectivity index (χ1) is 6.40. The second-order valence-corrected chi connectivity index (χ2v) is 3.07. The minimum Gasteiger partial charge on any atom is -0.481 e. The smallest absolute Gasteiger partial charge is 0.345 e. The van der Waals surface area contributed by atoms with Gasteiger partial charge in [0, 0.05) is 0 Å². The Morgan fingerprint density at radius 1 is 1.50 bits per heavy atom. The van der Waals surface area contributed by atoms with Gasteiger partial charge in [0.25, 0.3) is 0 Å². The Balaban J connectivity index is 3.00. The molecule has 1 aliphatic heterocycles. The number of carbonyl (C=O) groups is 3. The first-order valence-corrected chi connectivity index (χ1v) is 3.92. The lowest BCUT2D eigenvalue weighted by Gasteiger charge is -2.27. The number of amides is 1. The highest BCUT2D eigenvalue weighted by molar-refractivity contribution is 5.95. The minimum absolute atomic E-state index is 0.191. The molecule has 14 heavy (non-hydrogen) atoms. The van der Waals surface area contributed by atoms with Gasteiger partial charge in [-0.25, -0.2) is 4.79 Å². The zero-order valence-electron chi connectivity index (χ0n) is 7.40. The third-order valence-corrected chi connectivity index (χ3v) is 2.22. The molecule has 0 aromatic rings. The van der Waals surface area contributed by atoms with Crippen LogP contribution in [0.1, 0.15) is 6.92 Å². The first kappa shape index (κ1) is 10.5. The predicted molar refractivity (Wildman–Crippen MR) is 43.3 cm³/mol. The van der Waals surface area contributed by atoms with Crippen LogP contribution < -0.4 is 10.6 Å². The predicted octanol–water partition coefficient (Wildman–Crippen LogP) is -1.79. The highest BCUT2D eigenvalue weighted by Gasteiger charge is 2.52. The maximum atomic E-state index is 10.9. The van der Waals surface area contributed by atoms with Crippen molar-refractivity contribution in [3.8, 4) is 0 Å². The van der Waals surface area contributed by atoms with E-state index in [-0.39, 0.29) is 6.54 Å². The molecule has 0 aromatic carbocycles. The number of carboxylic acids is 2. The third kappa shape index (κ3) is 1.41. The van der Waals surface area contributed by atoms with Crippen LogP contribution in [0.2, 0.25) is 0 Å². The standard InChI is InChI=1S/C7H10N2O5/c1-3(5(11)12)7(6(13)14)8-2-4(10)9-7/h3,8H,2H2,1H3,(H,9,10)(H,11,12)(H,13,14). The molecular formula is C7H10N2O5. The molecular weight excluding hydrogens is 192 g/mol. The normalized spacial score (nSPS) is 28.2. The highest BCUT2D eigenvalue weighted by Crippen LogP contribution is 2.18. The van der Waals surface area contributed by atoms with Crippen molar-refractivity contribution in [3.63, 3.8) is 0 Å². The van der Waals surface area contributed by atoms with Gasteiger partial charge in [0.15, 0.2) is 0 Å². The van der Waals surface area contributed by atoms with E-state index in [1.54, 1.807) is 0 Å². The zero-order valence-corrected chi connectivity index (χ0v) is 7.40. The van der Waals surface area contributed by atoms with Crippen molar-refractivity contribution in [3.05, 3.63) is 0 Å². The van der Waals surface area contributed by atoms with Crippen LogP contribution in [0.3, 0.4) is 0 Å². The van der Waals surface area contributed by atoms with Crippen molar-refractivity contribution < 1.29 is 24.6 Å². The van der Waals surface area contributed by atoms with Crippen molar-refractivity contribution in [1.82, 2.24) is 10.6 Å². The van der Waals surface area contributed by atoms with E-state index >= 15 is 0 Å². The molecule has 7 nitrogen and oxygen atoms in total. The summed E-state index contributed by atoms with van der Waals surface area (Å²) in [6.07, 6.45) is 0. The van der Waals surface area contributed by atoms with Crippen molar-refractivity contribution in [2.75, 3.05) is 6.54 Å². The molecule has 1 fully saturated rings. The second-order valence-electron chi connectivity index (χ2n) is 3.07. The molecule has 1 rings (SSSR count). The second kappa shape index (κ2) is 3.26. The van der Waals surface area contributed by atoms with Gasteiger partial charge in [-0.05, 0) is 6.92 Å². The zero-order chi connectivity index (χ0) is 10.9. The fraction of sp³-hybridized carbons (Fsp3) is 0.571. The van der Waals surface area contributed by atoms with Gasteiger partial charge in [-0.2, -0.15) is 0 Å². The molecule has 0 spiro atoms. The summed E-state index contributed by atoms with van der Waals surface area (Å²) in [6, 6.07) is 0. The Labute approximate surface area is 79.1 Å². The minimum atomic E-state index is -1.89. The molecule has 0 aromatic heterocycles. The number of rotatable bonds is 3. The number of carboxylic acid groups (broad SMARTS) is 2. The van der Waals surface area contributed by atoms with Crippen LogP contribution in [0.4, 0.5) is 0 Å². The number of nitrogens with one attached hydrogen (secondary N) is 2. The summed E-state index contributed by atoms with van der Waals surface area (Å²) in [5.41, 5.74) is -1.89. The van der Waals surface area contributed by atoms with E-state index in [1.807, 2.05) is 0 Å². The molecule has 2 atom stereocenters. The summed E-state index contributed by atoms with van der Waals surface area (Å²) >= 11 is 0. The van der Waals surface area contributed by atoms with Crippen LogP contribution in [0.15, 0.2) is 0 Å². The number of hydrogen-bond acceptors (Lipinski definition) is 4. The lowest BCUT2D eigenvalue weighted by atomic mass is 9.95. The van der Waals surface area contributed by atoms with Crippen molar-refractivity contribution in [2.45, 2.75) is 12.6 Å². The molecule has 0 bridgehead atoms. The Bertz CT molecular complexity index is 302. The Kier molecular flexibility index (Phi) is 2.43. The van der Waals surface area contributed by atoms with E-state index in [1.165, 1.54) is 6.92 Å². The van der Waals surface area contributed by atoms with E-state index in [4.69, 9.17) is 10.2 Å². The molecule has 7 heteroatoms. The van der Waals surface area contributed by atoms with Crippen molar-refractivity contribution in [2.24, 2.45) is 5.92 Å². The lowest BCUT2D eigenvalue weighted by molar-refractivity contribution is -0.157. The van der Waals surface area contributed by atoms with E-state index in [9.17, 15) is 14.4 Å². The molecule has 0 aliphatic carbocycles. The van der Waals surface area contributed by atoms with Crippen molar-refractivity contribution >= 4 is 17.8 Å². The summed E-state index contributed by atoms with van der Waals surface area (Å²) < 4.78 is 0. The Hall–Kier alpha value is -1.63. The fourth-order valence-corrected chi connectivity index (χ4v) is 1.29. The van der Waals surface area contributed by atoms with Gasteiger partial charge in [0.05, 0.1) is 6.54 Å². The molecule has 1 aliphatic rings.